The van der Waals surface area contributed by atoms with Crippen molar-refractivity contribution in [3.63, 3.8) is 0 Å². The maximum atomic E-state index is 11.7. The van der Waals surface area contributed by atoms with Crippen LogP contribution in [0.15, 0.2) is 35.4 Å². The lowest BCUT2D eigenvalue weighted by atomic mass is 10.2. The van der Waals surface area contributed by atoms with Gasteiger partial charge in [-0.15, -0.1) is 0 Å². The molecule has 0 aromatic heterocycles. The van der Waals surface area contributed by atoms with E-state index in [-0.39, 0.29) is 22.4 Å². The summed E-state index contributed by atoms with van der Waals surface area (Å²) >= 11 is 29.3. The number of hydrogen-bond acceptors (Lipinski definition) is 3. The van der Waals surface area contributed by atoms with Crippen LogP contribution < -0.4 is 10.2 Å². The van der Waals surface area contributed by atoms with E-state index in [1.165, 1.54) is 18.3 Å². The predicted molar refractivity (Wildman–Crippen MR) is 99.2 cm³/mol. The van der Waals surface area contributed by atoms with Crippen LogP contribution in [0.5, 0.6) is 5.75 Å². The Morgan fingerprint density at radius 1 is 0.958 bits per heavy atom. The second-order valence-corrected chi connectivity index (χ2v) is 6.49. The summed E-state index contributed by atoms with van der Waals surface area (Å²) in [5.41, 5.74) is 2.99. The third kappa shape index (κ3) is 5.43. The first-order chi connectivity index (χ1) is 11.4. The summed E-state index contributed by atoms with van der Waals surface area (Å²) < 4.78 is 5.27. The van der Waals surface area contributed by atoms with Gasteiger partial charge in [0.25, 0.3) is 5.91 Å². The smallest absolute Gasteiger partial charge is 0.277 e. The Kier molecular flexibility index (Phi) is 7.02. The minimum Gasteiger partial charge on any atom is -0.482 e. The quantitative estimate of drug-likeness (QED) is 0.391. The topological polar surface area (TPSA) is 50.7 Å². The number of ether oxygens (including phenoxy) is 1. The lowest BCUT2D eigenvalue weighted by molar-refractivity contribution is -0.123. The molecule has 126 valence electrons. The van der Waals surface area contributed by atoms with Crippen LogP contribution in [0.2, 0.25) is 25.1 Å². The molecule has 0 heterocycles. The molecular formula is C15H9Cl5N2O2. The summed E-state index contributed by atoms with van der Waals surface area (Å²) in [6.07, 6.45) is 1.42. The number of carbonyl (C=O) groups excluding carboxylic acids is 1. The van der Waals surface area contributed by atoms with E-state index in [1.807, 2.05) is 0 Å². The van der Waals surface area contributed by atoms with Crippen molar-refractivity contribution in [1.29, 1.82) is 0 Å². The molecule has 0 spiro atoms. The van der Waals surface area contributed by atoms with Gasteiger partial charge in [0.05, 0.1) is 31.3 Å². The van der Waals surface area contributed by atoms with Crippen molar-refractivity contribution in [2.45, 2.75) is 0 Å². The normalized spacial score (nSPS) is 10.9. The number of halogens is 5. The Hall–Kier alpha value is -1.17. The van der Waals surface area contributed by atoms with Crippen LogP contribution in [0.3, 0.4) is 0 Å². The van der Waals surface area contributed by atoms with Crippen molar-refractivity contribution in [3.8, 4) is 5.75 Å². The van der Waals surface area contributed by atoms with Gasteiger partial charge in [0.1, 0.15) is 5.75 Å². The molecule has 2 aromatic carbocycles. The van der Waals surface area contributed by atoms with Gasteiger partial charge >= 0.3 is 0 Å². The van der Waals surface area contributed by atoms with E-state index in [9.17, 15) is 4.79 Å². The molecule has 0 saturated carbocycles. The molecule has 0 bridgehead atoms. The molecule has 4 nitrogen and oxygen atoms in total. The molecule has 24 heavy (non-hydrogen) atoms. The first kappa shape index (κ1) is 19.2. The third-order valence-electron chi connectivity index (χ3n) is 2.68. The van der Waals surface area contributed by atoms with Crippen LogP contribution in [-0.2, 0) is 4.79 Å². The Labute approximate surface area is 163 Å². The molecule has 0 aliphatic heterocycles. The van der Waals surface area contributed by atoms with E-state index >= 15 is 0 Å². The highest BCUT2D eigenvalue weighted by molar-refractivity contribution is 6.43. The molecule has 0 aliphatic rings. The molecule has 0 aliphatic carbocycles. The van der Waals surface area contributed by atoms with Gasteiger partial charge in [-0.1, -0.05) is 64.1 Å². The number of benzene rings is 2. The summed E-state index contributed by atoms with van der Waals surface area (Å²) in [6, 6.07) is 7.81. The number of nitrogens with zero attached hydrogens (tertiary/aromatic N) is 1. The zero-order chi connectivity index (χ0) is 17.7. The van der Waals surface area contributed by atoms with Crippen molar-refractivity contribution in [1.82, 2.24) is 5.43 Å². The number of rotatable bonds is 5. The first-order valence-electron chi connectivity index (χ1n) is 6.41. The van der Waals surface area contributed by atoms with Crippen LogP contribution in [0.25, 0.3) is 0 Å². The number of nitrogens with one attached hydrogen (secondary N) is 1. The van der Waals surface area contributed by atoms with Crippen molar-refractivity contribution >= 4 is 70.1 Å². The molecule has 0 unspecified atom stereocenters. The summed E-state index contributed by atoms with van der Waals surface area (Å²) in [5.74, 6) is -0.233. The minimum absolute atomic E-state index is 0.245. The second kappa shape index (κ2) is 8.79. The summed E-state index contributed by atoms with van der Waals surface area (Å²) in [6.45, 7) is -0.295. The van der Waals surface area contributed by atoms with Gasteiger partial charge in [-0.2, -0.15) is 5.10 Å². The highest BCUT2D eigenvalue weighted by Crippen LogP contribution is 2.33. The number of amides is 1. The Balaban J connectivity index is 1.88. The first-order valence-corrected chi connectivity index (χ1v) is 8.30. The summed E-state index contributed by atoms with van der Waals surface area (Å²) in [7, 11) is 0. The Morgan fingerprint density at radius 2 is 1.62 bits per heavy atom. The van der Waals surface area contributed by atoms with Gasteiger partial charge in [-0.25, -0.2) is 5.43 Å². The van der Waals surface area contributed by atoms with Gasteiger partial charge in [0.15, 0.2) is 6.61 Å². The van der Waals surface area contributed by atoms with Gasteiger partial charge in [0, 0.05) is 6.07 Å². The zero-order valence-corrected chi connectivity index (χ0v) is 15.6. The molecule has 2 aromatic rings. The standard InChI is InChI=1S/C15H9Cl5N2O2/c16-9-2-1-8(3-10(9)17)6-21-22-15(23)7-24-14-5-12(19)11(18)4-13(14)20/h1-6H,7H2,(H,22,23)/b21-6-. The van der Waals surface area contributed by atoms with E-state index in [4.69, 9.17) is 62.7 Å². The van der Waals surface area contributed by atoms with Crippen molar-refractivity contribution < 1.29 is 9.53 Å². The van der Waals surface area contributed by atoms with E-state index in [0.717, 1.165) is 0 Å². The fourth-order valence-electron chi connectivity index (χ4n) is 1.56. The minimum atomic E-state index is -0.478. The SMILES string of the molecule is O=C(COc1cc(Cl)c(Cl)cc1Cl)N/N=C\c1ccc(Cl)c(Cl)c1. The largest absolute Gasteiger partial charge is 0.482 e. The maximum Gasteiger partial charge on any atom is 0.277 e. The van der Waals surface area contributed by atoms with Gasteiger partial charge in [-0.05, 0) is 23.8 Å². The number of hydrazone groups is 1. The molecule has 1 N–H and O–H groups in total. The van der Waals surface area contributed by atoms with Crippen molar-refractivity contribution in [2.75, 3.05) is 6.61 Å². The van der Waals surface area contributed by atoms with Gasteiger partial charge < -0.3 is 4.74 Å². The number of hydrogen-bond donors (Lipinski definition) is 1. The van der Waals surface area contributed by atoms with Crippen LogP contribution >= 0.6 is 58.0 Å². The monoisotopic (exact) mass is 424 g/mol. The summed E-state index contributed by atoms with van der Waals surface area (Å²) in [4.78, 5) is 11.7. The molecule has 9 heteroatoms. The van der Waals surface area contributed by atoms with E-state index in [1.54, 1.807) is 18.2 Å². The highest BCUT2D eigenvalue weighted by Gasteiger charge is 2.09. The van der Waals surface area contributed by atoms with Crippen LogP contribution in [0.4, 0.5) is 0 Å². The van der Waals surface area contributed by atoms with Crippen LogP contribution in [0.1, 0.15) is 5.56 Å². The van der Waals surface area contributed by atoms with E-state index < -0.39 is 5.91 Å². The molecule has 0 atom stereocenters. The van der Waals surface area contributed by atoms with Gasteiger partial charge in [-0.3, -0.25) is 4.79 Å². The molecular weight excluding hydrogens is 417 g/mol. The van der Waals surface area contributed by atoms with Gasteiger partial charge in [0.2, 0.25) is 0 Å². The lowest BCUT2D eigenvalue weighted by Gasteiger charge is -2.08. The molecule has 0 fully saturated rings. The molecule has 0 saturated heterocycles. The predicted octanol–water partition coefficient (Wildman–Crippen LogP) is 5.48. The lowest BCUT2D eigenvalue weighted by Crippen LogP contribution is -2.24. The van der Waals surface area contributed by atoms with E-state index in [2.05, 4.69) is 10.5 Å². The van der Waals surface area contributed by atoms with Crippen molar-refractivity contribution in [3.05, 3.63) is 61.0 Å². The highest BCUT2D eigenvalue weighted by atomic mass is 35.5. The zero-order valence-electron chi connectivity index (χ0n) is 11.8. The average Bonchev–Trinajstić information content (AvgIpc) is 2.53. The second-order valence-electron chi connectivity index (χ2n) is 4.45. The van der Waals surface area contributed by atoms with E-state index in [0.29, 0.717) is 20.6 Å². The molecule has 1 amide bonds. The fourth-order valence-corrected chi connectivity index (χ4v) is 2.46. The molecule has 0 radical (unpaired) electrons. The number of carbonyl (C=O) groups is 1. The molecule has 2 rings (SSSR count). The van der Waals surface area contributed by atoms with Crippen molar-refractivity contribution in [2.24, 2.45) is 5.10 Å². The van der Waals surface area contributed by atoms with Crippen LogP contribution in [-0.4, -0.2) is 18.7 Å². The Morgan fingerprint density at radius 3 is 2.33 bits per heavy atom. The Bertz CT molecular complexity index is 796. The van der Waals surface area contributed by atoms with Crippen LogP contribution in [0, 0.1) is 0 Å². The average molecular weight is 427 g/mol. The third-order valence-corrected chi connectivity index (χ3v) is 4.44. The maximum absolute atomic E-state index is 11.7. The fraction of sp³-hybridized carbons (Fsp3) is 0.0667. The summed E-state index contributed by atoms with van der Waals surface area (Å²) in [5, 5.41) is 5.44.